The fourth-order valence-electron chi connectivity index (χ4n) is 4.73. The van der Waals surface area contributed by atoms with E-state index in [9.17, 15) is 9.18 Å². The molecule has 5 rings (SSSR count). The van der Waals surface area contributed by atoms with Gasteiger partial charge in [0.05, 0.1) is 22.9 Å². The number of halogens is 1. The van der Waals surface area contributed by atoms with Crippen LogP contribution in [0, 0.1) is 11.7 Å². The third-order valence-corrected chi connectivity index (χ3v) is 6.40. The molecular weight excluding hydrogens is 405 g/mol. The lowest BCUT2D eigenvalue weighted by molar-refractivity contribution is -0.131. The molecule has 3 aromatic heterocycles. The monoisotopic (exact) mass is 431 g/mol. The molecule has 1 aromatic carbocycles. The van der Waals surface area contributed by atoms with Crippen molar-refractivity contribution in [2.45, 2.75) is 38.8 Å². The molecule has 0 unspecified atom stereocenters. The number of aromatic nitrogens is 4. The van der Waals surface area contributed by atoms with Gasteiger partial charge in [0.1, 0.15) is 5.82 Å². The summed E-state index contributed by atoms with van der Waals surface area (Å²) >= 11 is 0. The van der Waals surface area contributed by atoms with Crippen molar-refractivity contribution in [2.75, 3.05) is 6.54 Å². The third-order valence-electron chi connectivity index (χ3n) is 6.40. The molecule has 0 aliphatic carbocycles. The van der Waals surface area contributed by atoms with E-state index < -0.39 is 0 Å². The minimum Gasteiger partial charge on any atom is -0.346 e. The Labute approximate surface area is 186 Å². The Kier molecular flexibility index (Phi) is 5.47. The number of pyridine rings is 1. The number of fused-ring (bicyclic) bond motifs is 1. The quantitative estimate of drug-likeness (QED) is 0.491. The van der Waals surface area contributed by atoms with Crippen LogP contribution >= 0.6 is 0 Å². The summed E-state index contributed by atoms with van der Waals surface area (Å²) in [7, 11) is 0. The minimum absolute atomic E-state index is 0.174. The van der Waals surface area contributed by atoms with Crippen LogP contribution in [-0.2, 0) is 17.8 Å². The molecule has 32 heavy (non-hydrogen) atoms. The molecule has 1 N–H and O–H groups in total. The highest BCUT2D eigenvalue weighted by Crippen LogP contribution is 2.28. The van der Waals surface area contributed by atoms with Gasteiger partial charge in [0, 0.05) is 43.5 Å². The number of aromatic amines is 1. The Bertz CT molecular complexity index is 1220. The number of rotatable bonds is 6. The molecule has 1 saturated heterocycles. The molecule has 1 amide bonds. The zero-order valence-corrected chi connectivity index (χ0v) is 18.0. The molecule has 6 nitrogen and oxygen atoms in total. The van der Waals surface area contributed by atoms with E-state index in [0.29, 0.717) is 18.8 Å². The fraction of sp³-hybridized carbons (Fsp3) is 0.320. The summed E-state index contributed by atoms with van der Waals surface area (Å²) in [5.74, 6) is 0.332. The van der Waals surface area contributed by atoms with Gasteiger partial charge in [-0.05, 0) is 61.6 Å². The van der Waals surface area contributed by atoms with Crippen molar-refractivity contribution in [3.63, 3.8) is 0 Å². The first-order valence-electron chi connectivity index (χ1n) is 11.1. The van der Waals surface area contributed by atoms with Crippen molar-refractivity contribution in [3.8, 4) is 11.3 Å². The molecule has 164 valence electrons. The van der Waals surface area contributed by atoms with Crippen LogP contribution in [0.4, 0.5) is 4.39 Å². The van der Waals surface area contributed by atoms with Gasteiger partial charge in [-0.1, -0.05) is 12.1 Å². The first kappa shape index (κ1) is 20.4. The van der Waals surface area contributed by atoms with Crippen molar-refractivity contribution in [1.82, 2.24) is 24.6 Å². The second-order valence-electron chi connectivity index (χ2n) is 8.68. The van der Waals surface area contributed by atoms with Crippen LogP contribution in [0.15, 0.2) is 61.1 Å². The van der Waals surface area contributed by atoms with Crippen molar-refractivity contribution in [1.29, 1.82) is 0 Å². The smallest absolute Gasteiger partial charge is 0.223 e. The van der Waals surface area contributed by atoms with Crippen LogP contribution in [0.3, 0.4) is 0 Å². The predicted molar refractivity (Wildman–Crippen MR) is 121 cm³/mol. The van der Waals surface area contributed by atoms with Gasteiger partial charge in [-0.3, -0.25) is 9.89 Å². The summed E-state index contributed by atoms with van der Waals surface area (Å²) in [6, 6.07) is 12.8. The fourth-order valence-corrected chi connectivity index (χ4v) is 4.73. The van der Waals surface area contributed by atoms with E-state index in [0.717, 1.165) is 47.4 Å². The Balaban J connectivity index is 1.22. The molecule has 0 saturated carbocycles. The molecule has 7 heteroatoms. The molecule has 1 fully saturated rings. The second-order valence-corrected chi connectivity index (χ2v) is 8.68. The molecule has 2 atom stereocenters. The van der Waals surface area contributed by atoms with Crippen LogP contribution < -0.4 is 0 Å². The van der Waals surface area contributed by atoms with E-state index in [1.165, 1.54) is 12.1 Å². The van der Waals surface area contributed by atoms with Gasteiger partial charge in [-0.25, -0.2) is 9.37 Å². The van der Waals surface area contributed by atoms with Gasteiger partial charge in [0.25, 0.3) is 0 Å². The average molecular weight is 432 g/mol. The Morgan fingerprint density at radius 2 is 2.03 bits per heavy atom. The summed E-state index contributed by atoms with van der Waals surface area (Å²) in [5.41, 5.74) is 4.92. The number of likely N-dealkylation sites (tertiary alicyclic amines) is 1. The van der Waals surface area contributed by atoms with Crippen LogP contribution in [0.1, 0.15) is 25.3 Å². The Hall–Kier alpha value is -3.48. The first-order valence-corrected chi connectivity index (χ1v) is 11.1. The highest BCUT2D eigenvalue weighted by Gasteiger charge is 2.32. The number of nitrogens with zero attached hydrogens (tertiary/aromatic N) is 4. The number of nitrogens with one attached hydrogen (secondary N) is 1. The van der Waals surface area contributed by atoms with Crippen molar-refractivity contribution < 1.29 is 9.18 Å². The predicted octanol–water partition coefficient (Wildman–Crippen LogP) is 4.44. The highest BCUT2D eigenvalue weighted by molar-refractivity contribution is 5.79. The molecule has 0 spiro atoms. The van der Waals surface area contributed by atoms with Crippen molar-refractivity contribution in [2.24, 2.45) is 5.92 Å². The van der Waals surface area contributed by atoms with Crippen LogP contribution in [0.2, 0.25) is 0 Å². The van der Waals surface area contributed by atoms with Gasteiger partial charge in [0.15, 0.2) is 0 Å². The average Bonchev–Trinajstić information content (AvgIpc) is 3.54. The lowest BCUT2D eigenvalue weighted by Gasteiger charge is -2.21. The maximum Gasteiger partial charge on any atom is 0.223 e. The zero-order chi connectivity index (χ0) is 22.1. The van der Waals surface area contributed by atoms with Gasteiger partial charge >= 0.3 is 0 Å². The summed E-state index contributed by atoms with van der Waals surface area (Å²) < 4.78 is 15.3. The highest BCUT2D eigenvalue weighted by atomic mass is 19.1. The van der Waals surface area contributed by atoms with E-state index in [1.54, 1.807) is 18.3 Å². The molecule has 1 aliphatic rings. The molecule has 0 bridgehead atoms. The number of carbonyl (C=O) groups excluding carboxylic acids is 1. The van der Waals surface area contributed by atoms with E-state index in [1.807, 2.05) is 23.2 Å². The molecule has 4 aromatic rings. The summed E-state index contributed by atoms with van der Waals surface area (Å²) in [6.45, 7) is 3.76. The Morgan fingerprint density at radius 1 is 1.19 bits per heavy atom. The van der Waals surface area contributed by atoms with Crippen LogP contribution in [0.25, 0.3) is 22.3 Å². The summed E-state index contributed by atoms with van der Waals surface area (Å²) in [4.78, 5) is 19.6. The molecule has 0 radical (unpaired) electrons. The zero-order valence-electron chi connectivity index (χ0n) is 18.0. The summed E-state index contributed by atoms with van der Waals surface area (Å²) in [5, 5.41) is 6.82. The number of carbonyl (C=O) groups is 1. The number of amides is 1. The van der Waals surface area contributed by atoms with E-state index in [-0.39, 0.29) is 17.8 Å². The number of hydrogen-bond acceptors (Lipinski definition) is 3. The minimum atomic E-state index is -0.249. The number of benzene rings is 1. The Morgan fingerprint density at radius 3 is 2.81 bits per heavy atom. The van der Waals surface area contributed by atoms with Crippen LogP contribution in [0.5, 0.6) is 0 Å². The molecular formula is C25H26FN5O. The third kappa shape index (κ3) is 4.15. The topological polar surface area (TPSA) is 66.8 Å². The number of hydrogen-bond donors (Lipinski definition) is 1. The number of aryl methyl sites for hydroxylation is 1. The summed E-state index contributed by atoms with van der Waals surface area (Å²) in [6.07, 6.45) is 7.78. The van der Waals surface area contributed by atoms with Crippen LogP contribution in [-0.4, -0.2) is 43.1 Å². The SMILES string of the molecule is C[C@@H]1C[C@@H](Cn2ccc3nc(-c4cn[nH]c4)ccc32)CN1C(=O)CCc1ccc(F)cc1. The van der Waals surface area contributed by atoms with Crippen molar-refractivity contribution >= 4 is 16.9 Å². The maximum absolute atomic E-state index is 13.1. The first-order chi connectivity index (χ1) is 15.6. The molecule has 1 aliphatic heterocycles. The largest absolute Gasteiger partial charge is 0.346 e. The maximum atomic E-state index is 13.1. The second kappa shape index (κ2) is 8.57. The standard InChI is InChI=1S/C25H26FN5O/c1-17-12-19(16-31(17)25(32)9-4-18-2-5-21(26)6-3-18)15-30-11-10-23-24(30)8-7-22(29-23)20-13-27-28-14-20/h2-3,5-8,10-11,13-14,17,19H,4,9,12,15-16H2,1H3,(H,27,28)/t17-,19+/m1/s1. The number of H-pyrrole nitrogens is 1. The lowest BCUT2D eigenvalue weighted by Crippen LogP contribution is -2.34. The lowest BCUT2D eigenvalue weighted by atomic mass is 10.1. The van der Waals surface area contributed by atoms with Gasteiger partial charge < -0.3 is 9.47 Å². The van der Waals surface area contributed by atoms with Gasteiger partial charge in [-0.15, -0.1) is 0 Å². The van der Waals surface area contributed by atoms with E-state index in [2.05, 4.69) is 34.0 Å². The van der Waals surface area contributed by atoms with Gasteiger partial charge in [-0.2, -0.15) is 5.10 Å². The van der Waals surface area contributed by atoms with Gasteiger partial charge in [0.2, 0.25) is 5.91 Å². The molecule has 4 heterocycles. The normalized spacial score (nSPS) is 18.5. The van der Waals surface area contributed by atoms with E-state index in [4.69, 9.17) is 4.98 Å². The van der Waals surface area contributed by atoms with E-state index >= 15 is 0 Å². The van der Waals surface area contributed by atoms with Crippen molar-refractivity contribution in [3.05, 3.63) is 72.4 Å².